The van der Waals surface area contributed by atoms with Gasteiger partial charge in [0.2, 0.25) is 5.91 Å². The Morgan fingerprint density at radius 3 is 2.74 bits per heavy atom. The number of hydrogen-bond acceptors (Lipinski definition) is 4. The molecule has 1 aliphatic rings. The molecule has 3 aromatic rings. The van der Waals surface area contributed by atoms with Crippen LogP contribution in [0.2, 0.25) is 5.02 Å². The molecule has 1 aliphatic heterocycles. The van der Waals surface area contributed by atoms with Crippen molar-refractivity contribution in [2.45, 2.75) is 24.5 Å². The largest absolute Gasteiger partial charge is 0.308 e. The number of amides is 1. The molecule has 138 valence electrons. The number of nitrogens with zero attached hydrogens (tertiary/aromatic N) is 4. The lowest BCUT2D eigenvalue weighted by atomic mass is 10.1. The fourth-order valence-electron chi connectivity index (χ4n) is 3.46. The van der Waals surface area contributed by atoms with Gasteiger partial charge in [-0.15, -0.1) is 10.2 Å². The molecule has 5 nitrogen and oxygen atoms in total. The molecule has 2 aromatic carbocycles. The van der Waals surface area contributed by atoms with E-state index < -0.39 is 0 Å². The highest BCUT2D eigenvalue weighted by Gasteiger charge is 2.30. The second-order valence-corrected chi connectivity index (χ2v) is 7.93. The third-order valence-electron chi connectivity index (χ3n) is 4.75. The maximum absolute atomic E-state index is 12.9. The molecule has 4 rings (SSSR count). The molecule has 0 radical (unpaired) electrons. The number of carbonyl (C=O) groups excluding carboxylic acids is 1. The summed E-state index contributed by atoms with van der Waals surface area (Å²) in [6.07, 6.45) is 0.896. The van der Waals surface area contributed by atoms with Crippen molar-refractivity contribution in [1.29, 1.82) is 0 Å². The quantitative estimate of drug-likeness (QED) is 0.618. The summed E-state index contributed by atoms with van der Waals surface area (Å²) in [6.45, 7) is 2.08. The van der Waals surface area contributed by atoms with Crippen molar-refractivity contribution in [3.8, 4) is 11.4 Å². The standard InChI is InChI=1S/C20H19ClN4OS/c1-13-11-14-7-3-6-10-17(14)25(13)18(26)12-27-20-23-22-19(24(20)2)15-8-4-5-9-16(15)21/h3-10,13H,11-12H2,1-2H3. The highest BCUT2D eigenvalue weighted by atomic mass is 35.5. The summed E-state index contributed by atoms with van der Waals surface area (Å²) in [4.78, 5) is 14.8. The molecule has 27 heavy (non-hydrogen) atoms. The van der Waals surface area contributed by atoms with Crippen LogP contribution in [-0.2, 0) is 18.3 Å². The van der Waals surface area contributed by atoms with Crippen LogP contribution in [0, 0.1) is 0 Å². The first kappa shape index (κ1) is 18.1. The summed E-state index contributed by atoms with van der Waals surface area (Å²) in [6, 6.07) is 15.8. The molecule has 2 heterocycles. The number of aromatic nitrogens is 3. The molecular formula is C20H19ClN4OS. The minimum absolute atomic E-state index is 0.0831. The fourth-order valence-corrected chi connectivity index (χ4v) is 4.45. The zero-order valence-electron chi connectivity index (χ0n) is 15.1. The first-order chi connectivity index (χ1) is 13.1. The van der Waals surface area contributed by atoms with E-state index in [1.54, 1.807) is 0 Å². The van der Waals surface area contributed by atoms with Crippen LogP contribution >= 0.6 is 23.4 Å². The second-order valence-electron chi connectivity index (χ2n) is 6.58. The molecular weight excluding hydrogens is 380 g/mol. The van der Waals surface area contributed by atoms with Gasteiger partial charge in [0.15, 0.2) is 11.0 Å². The Morgan fingerprint density at radius 2 is 1.93 bits per heavy atom. The van der Waals surface area contributed by atoms with Crippen LogP contribution in [0.5, 0.6) is 0 Å². The van der Waals surface area contributed by atoms with Crippen molar-refractivity contribution in [1.82, 2.24) is 14.8 Å². The number of rotatable bonds is 4. The monoisotopic (exact) mass is 398 g/mol. The van der Waals surface area contributed by atoms with Gasteiger partial charge in [0.05, 0.1) is 10.8 Å². The summed E-state index contributed by atoms with van der Waals surface area (Å²) in [5, 5.41) is 9.82. The van der Waals surface area contributed by atoms with Crippen LogP contribution in [0.4, 0.5) is 5.69 Å². The van der Waals surface area contributed by atoms with Crippen molar-refractivity contribution in [2.24, 2.45) is 7.05 Å². The topological polar surface area (TPSA) is 51.0 Å². The van der Waals surface area contributed by atoms with Gasteiger partial charge in [-0.2, -0.15) is 0 Å². The minimum atomic E-state index is 0.0831. The summed E-state index contributed by atoms with van der Waals surface area (Å²) >= 11 is 7.66. The predicted octanol–water partition coefficient (Wildman–Crippen LogP) is 4.21. The van der Waals surface area contributed by atoms with Crippen LogP contribution in [0.15, 0.2) is 53.7 Å². The van der Waals surface area contributed by atoms with Gasteiger partial charge in [-0.05, 0) is 37.1 Å². The van der Waals surface area contributed by atoms with Crippen LogP contribution < -0.4 is 4.90 Å². The van der Waals surface area contributed by atoms with E-state index in [1.807, 2.05) is 59.0 Å². The van der Waals surface area contributed by atoms with Gasteiger partial charge < -0.3 is 9.47 Å². The number of fused-ring (bicyclic) bond motifs is 1. The van der Waals surface area contributed by atoms with Crippen LogP contribution in [0.3, 0.4) is 0 Å². The van der Waals surface area contributed by atoms with Crippen molar-refractivity contribution in [3.05, 3.63) is 59.1 Å². The molecule has 0 saturated heterocycles. The fraction of sp³-hybridized carbons (Fsp3) is 0.250. The molecule has 0 bridgehead atoms. The number of thioether (sulfide) groups is 1. The first-order valence-electron chi connectivity index (χ1n) is 8.73. The van der Waals surface area contributed by atoms with Gasteiger partial charge in [-0.1, -0.05) is 53.7 Å². The Labute approximate surface area is 167 Å². The van der Waals surface area contributed by atoms with Gasteiger partial charge in [0, 0.05) is 24.3 Å². The van der Waals surface area contributed by atoms with Gasteiger partial charge in [0.1, 0.15) is 0 Å². The predicted molar refractivity (Wildman–Crippen MR) is 109 cm³/mol. The molecule has 0 saturated carbocycles. The van der Waals surface area contributed by atoms with E-state index in [1.165, 1.54) is 17.3 Å². The van der Waals surface area contributed by atoms with E-state index in [4.69, 9.17) is 11.6 Å². The first-order valence-corrected chi connectivity index (χ1v) is 10.1. The average Bonchev–Trinajstić information content (AvgIpc) is 3.19. The molecule has 0 spiro atoms. The van der Waals surface area contributed by atoms with Crippen LogP contribution in [0.1, 0.15) is 12.5 Å². The van der Waals surface area contributed by atoms with E-state index in [9.17, 15) is 4.79 Å². The number of para-hydroxylation sites is 1. The van der Waals surface area contributed by atoms with E-state index in [0.29, 0.717) is 21.8 Å². The van der Waals surface area contributed by atoms with E-state index in [0.717, 1.165) is 17.7 Å². The van der Waals surface area contributed by atoms with E-state index in [-0.39, 0.29) is 11.9 Å². The molecule has 1 amide bonds. The summed E-state index contributed by atoms with van der Waals surface area (Å²) < 4.78 is 1.88. The smallest absolute Gasteiger partial charge is 0.237 e. The van der Waals surface area contributed by atoms with Crippen molar-refractivity contribution < 1.29 is 4.79 Å². The molecule has 0 aliphatic carbocycles. The lowest BCUT2D eigenvalue weighted by Gasteiger charge is -2.22. The second kappa shape index (κ2) is 7.37. The molecule has 0 fully saturated rings. The number of hydrogen-bond donors (Lipinski definition) is 0. The van der Waals surface area contributed by atoms with Gasteiger partial charge in [-0.25, -0.2) is 0 Å². The Kier molecular flexibility index (Phi) is 4.93. The molecule has 1 atom stereocenters. The zero-order valence-corrected chi connectivity index (χ0v) is 16.7. The van der Waals surface area contributed by atoms with Crippen molar-refractivity contribution >= 4 is 35.0 Å². The average molecular weight is 399 g/mol. The van der Waals surface area contributed by atoms with Crippen LogP contribution in [0.25, 0.3) is 11.4 Å². The molecule has 0 N–H and O–H groups in total. The zero-order chi connectivity index (χ0) is 19.0. The Bertz CT molecular complexity index is 1000. The van der Waals surface area contributed by atoms with E-state index in [2.05, 4.69) is 23.2 Å². The SMILES string of the molecule is CC1Cc2ccccc2N1C(=O)CSc1nnc(-c2ccccc2Cl)n1C. The van der Waals surface area contributed by atoms with Crippen LogP contribution in [-0.4, -0.2) is 32.5 Å². The van der Waals surface area contributed by atoms with Crippen molar-refractivity contribution in [2.75, 3.05) is 10.7 Å². The third kappa shape index (κ3) is 3.35. The lowest BCUT2D eigenvalue weighted by Crippen LogP contribution is -2.37. The Hall–Kier alpha value is -2.31. The highest BCUT2D eigenvalue weighted by molar-refractivity contribution is 7.99. The maximum Gasteiger partial charge on any atom is 0.237 e. The summed E-state index contributed by atoms with van der Waals surface area (Å²) in [5.41, 5.74) is 3.07. The van der Waals surface area contributed by atoms with Gasteiger partial charge in [0.25, 0.3) is 0 Å². The van der Waals surface area contributed by atoms with Crippen molar-refractivity contribution in [3.63, 3.8) is 0 Å². The third-order valence-corrected chi connectivity index (χ3v) is 6.08. The normalized spacial score (nSPS) is 15.8. The molecule has 1 aromatic heterocycles. The van der Waals surface area contributed by atoms with E-state index >= 15 is 0 Å². The van der Waals surface area contributed by atoms with Gasteiger partial charge in [-0.3, -0.25) is 4.79 Å². The number of benzene rings is 2. The summed E-state index contributed by atoms with van der Waals surface area (Å²) in [5.74, 6) is 1.09. The number of anilines is 1. The maximum atomic E-state index is 12.9. The molecule has 1 unspecified atom stereocenters. The van der Waals surface area contributed by atoms with Gasteiger partial charge >= 0.3 is 0 Å². The number of halogens is 1. The minimum Gasteiger partial charge on any atom is -0.308 e. The summed E-state index contributed by atoms with van der Waals surface area (Å²) in [7, 11) is 1.89. The molecule has 7 heteroatoms. The Morgan fingerprint density at radius 1 is 1.19 bits per heavy atom. The highest BCUT2D eigenvalue weighted by Crippen LogP contribution is 2.33. The number of carbonyl (C=O) groups is 1. The Balaban J connectivity index is 1.50. The lowest BCUT2D eigenvalue weighted by molar-refractivity contribution is -0.116.